The van der Waals surface area contributed by atoms with Gasteiger partial charge in [0.05, 0.1) is 45.2 Å². The molecule has 0 saturated carbocycles. The van der Waals surface area contributed by atoms with Crippen LogP contribution in [0, 0.1) is 13.8 Å². The quantitative estimate of drug-likeness (QED) is 0.167. The number of hydrogen-bond acceptors (Lipinski definition) is 3. The molecule has 0 aliphatic carbocycles. The molecular formula is C55H40N4Si. The van der Waals surface area contributed by atoms with E-state index in [1.807, 2.05) is 30.7 Å². The molecule has 5 heteroatoms. The van der Waals surface area contributed by atoms with Crippen molar-refractivity contribution in [2.24, 2.45) is 0 Å². The van der Waals surface area contributed by atoms with Crippen molar-refractivity contribution in [1.82, 2.24) is 14.5 Å². The summed E-state index contributed by atoms with van der Waals surface area (Å²) in [6.45, 7) is 4.48. The number of aryl methyl sites for hydroxylation is 2. The van der Waals surface area contributed by atoms with E-state index in [0.717, 1.165) is 33.3 Å². The predicted octanol–water partition coefficient (Wildman–Crippen LogP) is 10.0. The lowest BCUT2D eigenvalue weighted by molar-refractivity contribution is 0.734. The normalized spacial score (nSPS) is 14.4. The van der Waals surface area contributed by atoms with E-state index >= 15 is 0 Å². The van der Waals surface area contributed by atoms with Crippen molar-refractivity contribution in [1.29, 1.82) is 0 Å². The van der Waals surface area contributed by atoms with E-state index in [2.05, 4.69) is 204 Å². The Bertz CT molecular complexity index is 3160. The maximum Gasteiger partial charge on any atom is 0.180 e. The molecule has 284 valence electrons. The van der Waals surface area contributed by atoms with Gasteiger partial charge in [0.25, 0.3) is 0 Å². The highest BCUT2D eigenvalue weighted by Crippen LogP contribution is 2.59. The lowest BCUT2D eigenvalue weighted by atomic mass is 9.61. The van der Waals surface area contributed by atoms with Crippen LogP contribution in [0.1, 0.15) is 33.4 Å². The van der Waals surface area contributed by atoms with Gasteiger partial charge in [-0.3, -0.25) is 9.97 Å². The van der Waals surface area contributed by atoms with Crippen LogP contribution >= 0.6 is 0 Å². The zero-order valence-corrected chi connectivity index (χ0v) is 34.4. The number of nitrogens with zero attached hydrogens (tertiary/aromatic N) is 4. The Morgan fingerprint density at radius 1 is 0.467 bits per heavy atom. The van der Waals surface area contributed by atoms with E-state index in [9.17, 15) is 0 Å². The average molecular weight is 785 g/mol. The zero-order valence-electron chi connectivity index (χ0n) is 33.4. The summed E-state index contributed by atoms with van der Waals surface area (Å²) in [5, 5.41) is 6.76. The molecule has 7 aromatic carbocycles. The Kier molecular flexibility index (Phi) is 7.56. The first-order valence-corrected chi connectivity index (χ1v) is 22.7. The Morgan fingerprint density at radius 2 is 1.05 bits per heavy atom. The number of benzene rings is 7. The van der Waals surface area contributed by atoms with Gasteiger partial charge in [-0.2, -0.15) is 0 Å². The van der Waals surface area contributed by atoms with E-state index in [-0.39, 0.29) is 0 Å². The standard InChI is InChI=1S/C55H40N4Si/c1-37-25-28-49-46(33-37)55(44-20-9-11-23-52(44)60(41-16-5-3-6-17-41,42-18-7-4-8-19-42)53-24-12-10-21-45(53)55)47-34-38(2)26-29-50(47)58(49)39-27-30-48-43(35-39)54-51(22-14-32-57-54)59(48)40-15-13-31-56-36-40/h3-36H,1-2H3. The number of fused-ring (bicyclic) bond motifs is 11. The number of aromatic nitrogens is 3. The Morgan fingerprint density at radius 3 is 1.65 bits per heavy atom. The van der Waals surface area contributed by atoms with Gasteiger partial charge >= 0.3 is 0 Å². The van der Waals surface area contributed by atoms with Crippen molar-refractivity contribution >= 4 is 67.8 Å². The topological polar surface area (TPSA) is 34.0 Å². The van der Waals surface area contributed by atoms with Gasteiger partial charge in [-0.05, 0) is 111 Å². The lowest BCUT2D eigenvalue weighted by Crippen LogP contribution is -2.79. The van der Waals surface area contributed by atoms with Crippen molar-refractivity contribution in [3.05, 3.63) is 240 Å². The molecular weight excluding hydrogens is 745 g/mol. The third-order valence-electron chi connectivity index (χ3n) is 13.1. The van der Waals surface area contributed by atoms with Crippen molar-refractivity contribution in [2.75, 3.05) is 4.90 Å². The van der Waals surface area contributed by atoms with Crippen LogP contribution in [0.15, 0.2) is 207 Å². The summed E-state index contributed by atoms with van der Waals surface area (Å²) in [5.41, 5.74) is 14.8. The smallest absolute Gasteiger partial charge is 0.180 e. The minimum absolute atomic E-state index is 0.603. The van der Waals surface area contributed by atoms with Crippen molar-refractivity contribution in [3.63, 3.8) is 0 Å². The van der Waals surface area contributed by atoms with E-state index in [4.69, 9.17) is 4.98 Å². The van der Waals surface area contributed by atoms with Crippen molar-refractivity contribution in [2.45, 2.75) is 19.3 Å². The van der Waals surface area contributed by atoms with Crippen LogP contribution in [0.5, 0.6) is 0 Å². The van der Waals surface area contributed by atoms with Gasteiger partial charge in [0.15, 0.2) is 8.07 Å². The van der Waals surface area contributed by atoms with Gasteiger partial charge in [0.2, 0.25) is 0 Å². The number of anilines is 3. The molecule has 0 radical (unpaired) electrons. The minimum Gasteiger partial charge on any atom is -0.310 e. The van der Waals surface area contributed by atoms with E-state index in [0.29, 0.717) is 0 Å². The fraction of sp³-hybridized carbons (Fsp3) is 0.0545. The number of pyridine rings is 2. The van der Waals surface area contributed by atoms with E-state index in [1.54, 1.807) is 0 Å². The highest BCUT2D eigenvalue weighted by atomic mass is 28.3. The monoisotopic (exact) mass is 784 g/mol. The van der Waals surface area contributed by atoms with Crippen LogP contribution in [0.2, 0.25) is 0 Å². The van der Waals surface area contributed by atoms with Gasteiger partial charge in [-0.1, -0.05) is 145 Å². The summed E-state index contributed by atoms with van der Waals surface area (Å²) in [6.07, 6.45) is 5.65. The van der Waals surface area contributed by atoms with Crippen LogP contribution < -0.4 is 25.6 Å². The molecule has 0 fully saturated rings. The van der Waals surface area contributed by atoms with Crippen LogP contribution in [-0.4, -0.2) is 22.6 Å². The van der Waals surface area contributed by atoms with Gasteiger partial charge in [-0.25, -0.2) is 0 Å². The summed E-state index contributed by atoms with van der Waals surface area (Å²) in [5.74, 6) is 0. The van der Waals surface area contributed by atoms with Gasteiger partial charge < -0.3 is 9.47 Å². The molecule has 10 aromatic rings. The van der Waals surface area contributed by atoms with Gasteiger partial charge in [-0.15, -0.1) is 0 Å². The molecule has 0 saturated heterocycles. The van der Waals surface area contributed by atoms with E-state index in [1.165, 1.54) is 65.5 Å². The summed E-state index contributed by atoms with van der Waals surface area (Å²) >= 11 is 0. The molecule has 3 aromatic heterocycles. The first-order valence-electron chi connectivity index (χ1n) is 20.7. The molecule has 12 rings (SSSR count). The van der Waals surface area contributed by atoms with Gasteiger partial charge in [0.1, 0.15) is 0 Å². The van der Waals surface area contributed by atoms with Gasteiger partial charge in [0, 0.05) is 23.5 Å². The fourth-order valence-corrected chi connectivity index (χ4v) is 16.2. The van der Waals surface area contributed by atoms with E-state index < -0.39 is 13.5 Å². The second-order valence-electron chi connectivity index (χ2n) is 16.3. The summed E-state index contributed by atoms with van der Waals surface area (Å²) < 4.78 is 2.28. The molecule has 0 N–H and O–H groups in total. The Labute approximate surface area is 350 Å². The molecule has 1 spiro atoms. The van der Waals surface area contributed by atoms with Crippen molar-refractivity contribution in [3.8, 4) is 5.69 Å². The molecule has 0 amide bonds. The zero-order chi connectivity index (χ0) is 40.0. The highest BCUT2D eigenvalue weighted by molar-refractivity contribution is 7.20. The first-order chi connectivity index (χ1) is 29.6. The molecule has 4 nitrogen and oxygen atoms in total. The molecule has 2 aliphatic rings. The molecule has 5 heterocycles. The molecule has 0 unspecified atom stereocenters. The lowest BCUT2D eigenvalue weighted by Gasteiger charge is -2.53. The molecule has 60 heavy (non-hydrogen) atoms. The number of hydrogen-bond donors (Lipinski definition) is 0. The van der Waals surface area contributed by atoms with Crippen molar-refractivity contribution < 1.29 is 0 Å². The summed E-state index contributed by atoms with van der Waals surface area (Å²) in [4.78, 5) is 12.0. The Balaban J connectivity index is 1.19. The molecule has 0 atom stereocenters. The minimum atomic E-state index is -2.85. The molecule has 0 bridgehead atoms. The summed E-state index contributed by atoms with van der Waals surface area (Å²) in [6, 6.07) is 70.9. The number of rotatable bonds is 4. The highest BCUT2D eigenvalue weighted by Gasteiger charge is 2.57. The maximum atomic E-state index is 4.98. The largest absolute Gasteiger partial charge is 0.310 e. The average Bonchev–Trinajstić information content (AvgIpc) is 3.64. The van der Waals surface area contributed by atoms with Crippen LogP contribution in [0.25, 0.3) is 27.6 Å². The first kappa shape index (κ1) is 34.7. The second-order valence-corrected chi connectivity index (χ2v) is 20.1. The van der Waals surface area contributed by atoms with Crippen LogP contribution in [0.3, 0.4) is 0 Å². The maximum absolute atomic E-state index is 4.98. The Hall–Kier alpha value is -7.34. The van der Waals surface area contributed by atoms with Crippen LogP contribution in [0.4, 0.5) is 17.1 Å². The third-order valence-corrected chi connectivity index (χ3v) is 18.0. The fourth-order valence-electron chi connectivity index (χ4n) is 10.9. The molecule has 2 aliphatic heterocycles. The predicted molar refractivity (Wildman–Crippen MR) is 250 cm³/mol. The SMILES string of the molecule is Cc1ccc2c(c1)C1(c3cc(C)ccc3N2c2ccc3c(c2)c2ncccc2n3-c2cccnc2)c2ccccc2[Si](c2ccccc2)(c2ccccc2)c2ccccc21. The van der Waals surface area contributed by atoms with Crippen LogP contribution in [-0.2, 0) is 5.41 Å². The third kappa shape index (κ3) is 4.61. The second kappa shape index (κ2) is 13.1. The summed E-state index contributed by atoms with van der Waals surface area (Å²) in [7, 11) is -2.85.